The van der Waals surface area contributed by atoms with Crippen LogP contribution in [0.3, 0.4) is 0 Å². The van der Waals surface area contributed by atoms with E-state index < -0.39 is 24.0 Å². The van der Waals surface area contributed by atoms with Crippen LogP contribution < -0.4 is 11.1 Å². The molecule has 1 amide bonds. The fourth-order valence-corrected chi connectivity index (χ4v) is 4.20. The first-order valence-electron chi connectivity index (χ1n) is 11.7. The molecule has 1 aromatic heterocycles. The monoisotopic (exact) mass is 484 g/mol. The molecule has 1 aliphatic rings. The molecule has 2 atom stereocenters. The van der Waals surface area contributed by atoms with Gasteiger partial charge in [0.15, 0.2) is 0 Å². The summed E-state index contributed by atoms with van der Waals surface area (Å²) in [5, 5.41) is 2.92. The molecule has 2 aromatic rings. The first kappa shape index (κ1) is 26.2. The average molecular weight is 485 g/mol. The van der Waals surface area contributed by atoms with E-state index in [4.69, 9.17) is 5.73 Å². The summed E-state index contributed by atoms with van der Waals surface area (Å²) in [5.74, 6) is -0.326. The maximum atomic E-state index is 13.7. The third-order valence-corrected chi connectivity index (χ3v) is 6.07. The average Bonchev–Trinajstić information content (AvgIpc) is 2.80. The van der Waals surface area contributed by atoms with Crippen molar-refractivity contribution < 1.29 is 18.0 Å². The number of amides is 1. The molecule has 2 unspecified atom stereocenters. The molecule has 0 fully saturated rings. The molecule has 0 radical (unpaired) electrons. The molecule has 0 bridgehead atoms. The molecule has 8 heteroatoms. The maximum Gasteiger partial charge on any atom is 0.432 e. The highest BCUT2D eigenvalue weighted by atomic mass is 19.4. The lowest BCUT2D eigenvalue weighted by Crippen LogP contribution is -2.43. The molecule has 0 aliphatic carbocycles. The number of carbonyl (C=O) groups excluding carboxylic acids is 1. The number of aromatic nitrogens is 1. The number of dihydropyridines is 1. The topological polar surface area (TPSA) is 80.4 Å². The van der Waals surface area contributed by atoms with E-state index in [1.807, 2.05) is 45.0 Å². The first-order chi connectivity index (χ1) is 16.5. The SMILES string of the molecule is CCCC(CC)=C(C(=O)NC1C=CC(C(F)(F)F)=NC1C)c1cc(-c2cncc(N)c2)ccc1C. The number of allylic oxidation sites excluding steroid dienone is 2. The Labute approximate surface area is 204 Å². The van der Waals surface area contributed by atoms with Gasteiger partial charge in [-0.15, -0.1) is 0 Å². The van der Waals surface area contributed by atoms with Gasteiger partial charge in [-0.05, 0) is 61.6 Å². The number of alkyl halides is 3. The molecule has 35 heavy (non-hydrogen) atoms. The molecule has 2 heterocycles. The van der Waals surface area contributed by atoms with Gasteiger partial charge in [0.2, 0.25) is 0 Å². The number of carbonyl (C=O) groups is 1. The van der Waals surface area contributed by atoms with Crippen LogP contribution in [0.4, 0.5) is 18.9 Å². The molecule has 1 aromatic carbocycles. The number of anilines is 1. The van der Waals surface area contributed by atoms with E-state index in [0.717, 1.165) is 46.7 Å². The van der Waals surface area contributed by atoms with Crippen LogP contribution >= 0.6 is 0 Å². The predicted octanol–water partition coefficient (Wildman–Crippen LogP) is 6.05. The summed E-state index contributed by atoms with van der Waals surface area (Å²) < 4.78 is 39.1. The number of rotatable bonds is 7. The van der Waals surface area contributed by atoms with Crippen LogP contribution in [0.25, 0.3) is 16.7 Å². The van der Waals surface area contributed by atoms with Gasteiger partial charge in [-0.25, -0.2) is 0 Å². The lowest BCUT2D eigenvalue weighted by atomic mass is 9.89. The summed E-state index contributed by atoms with van der Waals surface area (Å²) in [4.78, 5) is 21.6. The van der Waals surface area contributed by atoms with Crippen LogP contribution in [0.15, 0.2) is 59.4 Å². The zero-order valence-electron chi connectivity index (χ0n) is 20.4. The van der Waals surface area contributed by atoms with E-state index in [9.17, 15) is 18.0 Å². The van der Waals surface area contributed by atoms with Crippen LogP contribution in [-0.2, 0) is 4.79 Å². The summed E-state index contributed by atoms with van der Waals surface area (Å²) >= 11 is 0. The van der Waals surface area contributed by atoms with E-state index in [-0.39, 0.29) is 5.91 Å². The third kappa shape index (κ3) is 6.18. The zero-order chi connectivity index (χ0) is 25.8. The van der Waals surface area contributed by atoms with Crippen LogP contribution in [0.1, 0.15) is 51.2 Å². The maximum absolute atomic E-state index is 13.7. The zero-order valence-corrected chi connectivity index (χ0v) is 20.4. The Bertz CT molecular complexity index is 1180. The normalized spacial score (nSPS) is 18.7. The van der Waals surface area contributed by atoms with Crippen LogP contribution in [-0.4, -0.2) is 34.9 Å². The minimum absolute atomic E-state index is 0.326. The number of aryl methyl sites for hydroxylation is 1. The summed E-state index contributed by atoms with van der Waals surface area (Å²) in [6.45, 7) is 7.55. The molecule has 0 saturated heterocycles. The summed E-state index contributed by atoms with van der Waals surface area (Å²) in [6.07, 6.45) is 3.32. The number of aliphatic imine (C=N–C) groups is 1. The second kappa shape index (κ2) is 10.9. The van der Waals surface area contributed by atoms with Gasteiger partial charge >= 0.3 is 6.18 Å². The van der Waals surface area contributed by atoms with Gasteiger partial charge in [-0.1, -0.05) is 44.1 Å². The second-order valence-corrected chi connectivity index (χ2v) is 8.73. The van der Waals surface area contributed by atoms with E-state index in [1.54, 1.807) is 19.3 Å². The predicted molar refractivity (Wildman–Crippen MR) is 135 cm³/mol. The minimum Gasteiger partial charge on any atom is -0.397 e. The number of hydrogen-bond acceptors (Lipinski definition) is 4. The second-order valence-electron chi connectivity index (χ2n) is 8.73. The fourth-order valence-electron chi connectivity index (χ4n) is 4.20. The molecule has 186 valence electrons. The summed E-state index contributed by atoms with van der Waals surface area (Å²) in [7, 11) is 0. The highest BCUT2D eigenvalue weighted by Gasteiger charge is 2.37. The Morgan fingerprint density at radius 3 is 2.49 bits per heavy atom. The molecular formula is C27H31F3N4O. The van der Waals surface area contributed by atoms with Crippen molar-refractivity contribution in [1.82, 2.24) is 10.3 Å². The van der Waals surface area contributed by atoms with Crippen molar-refractivity contribution in [3.8, 4) is 11.1 Å². The lowest BCUT2D eigenvalue weighted by Gasteiger charge is -2.26. The van der Waals surface area contributed by atoms with Gasteiger partial charge in [-0.2, -0.15) is 13.2 Å². The number of nitrogens with one attached hydrogen (secondary N) is 1. The van der Waals surface area contributed by atoms with Crippen molar-refractivity contribution in [2.75, 3.05) is 5.73 Å². The van der Waals surface area contributed by atoms with Crippen LogP contribution in [0.2, 0.25) is 0 Å². The van der Waals surface area contributed by atoms with E-state index in [0.29, 0.717) is 17.7 Å². The van der Waals surface area contributed by atoms with Crippen molar-refractivity contribution in [3.63, 3.8) is 0 Å². The van der Waals surface area contributed by atoms with Crippen molar-refractivity contribution >= 4 is 22.9 Å². The molecule has 3 rings (SSSR count). The number of nitrogens with zero attached hydrogens (tertiary/aromatic N) is 2. The molecular weight excluding hydrogens is 453 g/mol. The summed E-state index contributed by atoms with van der Waals surface area (Å²) in [6, 6.07) is 6.28. The van der Waals surface area contributed by atoms with E-state index >= 15 is 0 Å². The van der Waals surface area contributed by atoms with Gasteiger partial charge in [0.25, 0.3) is 5.91 Å². The Morgan fingerprint density at radius 1 is 1.14 bits per heavy atom. The van der Waals surface area contributed by atoms with E-state index in [2.05, 4.69) is 15.3 Å². The lowest BCUT2D eigenvalue weighted by molar-refractivity contribution is -0.116. The molecule has 1 aliphatic heterocycles. The number of nitrogens with two attached hydrogens (primary N) is 1. The largest absolute Gasteiger partial charge is 0.432 e. The Hall–Kier alpha value is -3.42. The van der Waals surface area contributed by atoms with E-state index in [1.165, 1.54) is 6.08 Å². The fraction of sp³-hybridized carbons (Fsp3) is 0.370. The highest BCUT2D eigenvalue weighted by molar-refractivity contribution is 6.21. The third-order valence-electron chi connectivity index (χ3n) is 6.07. The molecule has 0 spiro atoms. The first-order valence-corrected chi connectivity index (χ1v) is 11.7. The molecule has 3 N–H and O–H groups in total. The van der Waals surface area contributed by atoms with Gasteiger partial charge in [0.1, 0.15) is 5.71 Å². The molecule has 5 nitrogen and oxygen atoms in total. The Kier molecular flexibility index (Phi) is 8.14. The smallest absolute Gasteiger partial charge is 0.397 e. The Balaban J connectivity index is 2.02. The number of halogens is 3. The highest BCUT2D eigenvalue weighted by Crippen LogP contribution is 2.32. The van der Waals surface area contributed by atoms with Crippen LogP contribution in [0, 0.1) is 6.92 Å². The number of hydrogen-bond donors (Lipinski definition) is 2. The van der Waals surface area contributed by atoms with Crippen molar-refractivity contribution in [2.45, 2.75) is 65.2 Å². The van der Waals surface area contributed by atoms with Gasteiger partial charge in [0, 0.05) is 23.5 Å². The minimum atomic E-state index is -4.52. The number of benzene rings is 1. The van der Waals surface area contributed by atoms with Gasteiger partial charge < -0.3 is 11.1 Å². The number of pyridine rings is 1. The van der Waals surface area contributed by atoms with Gasteiger partial charge in [0.05, 0.1) is 17.8 Å². The summed E-state index contributed by atoms with van der Waals surface area (Å²) in [5.41, 5.74) is 10.4. The van der Waals surface area contributed by atoms with Crippen molar-refractivity contribution in [2.24, 2.45) is 4.99 Å². The Morgan fingerprint density at radius 2 is 1.89 bits per heavy atom. The molecule has 0 saturated carbocycles. The quantitative estimate of drug-likeness (QED) is 0.470. The number of nitrogen functional groups attached to an aromatic ring is 1. The van der Waals surface area contributed by atoms with Crippen molar-refractivity contribution in [3.05, 3.63) is 65.5 Å². The van der Waals surface area contributed by atoms with Crippen LogP contribution in [0.5, 0.6) is 0 Å². The van der Waals surface area contributed by atoms with Crippen molar-refractivity contribution in [1.29, 1.82) is 0 Å². The standard InChI is InChI=1S/C27H31F3N4O/c1-5-7-18(6-2)25(26(35)34-23-10-11-24(27(28,29)30)33-17(23)4)22-13-19(9-8-16(22)3)20-12-21(31)15-32-14-20/h8-15,17,23H,5-7,31H2,1-4H3,(H,34,35). The van der Waals surface area contributed by atoms with Gasteiger partial charge in [-0.3, -0.25) is 14.8 Å².